The Balaban J connectivity index is 2.11. The lowest BCUT2D eigenvalue weighted by Crippen LogP contribution is -2.31. The molecule has 8 heteroatoms. The molecule has 1 aromatic carbocycles. The van der Waals surface area contributed by atoms with E-state index in [-0.39, 0.29) is 38.0 Å². The zero-order valence-electron chi connectivity index (χ0n) is 24.2. The predicted octanol–water partition coefficient (Wildman–Crippen LogP) is 7.00. The largest absolute Gasteiger partial charge is 0.443 e. The summed E-state index contributed by atoms with van der Waals surface area (Å²) in [5.74, 6) is 0. The molecule has 0 spiro atoms. The van der Waals surface area contributed by atoms with Crippen molar-refractivity contribution in [1.29, 1.82) is 0 Å². The van der Waals surface area contributed by atoms with Gasteiger partial charge in [-0.25, -0.2) is 13.9 Å². The zero-order valence-corrected chi connectivity index (χ0v) is 19.0. The number of fused-ring (bicyclic) bond motifs is 1. The Bertz CT molecular complexity index is 1550. The van der Waals surface area contributed by atoms with Gasteiger partial charge in [-0.3, -0.25) is 4.98 Å². The second-order valence-electron chi connectivity index (χ2n) is 8.30. The highest BCUT2D eigenvalue weighted by Gasteiger charge is 2.38. The predicted molar refractivity (Wildman–Crippen MR) is 123 cm³/mol. The molecule has 0 N–H and O–H groups in total. The number of benzene rings is 1. The molecule has 4 rings (SSSR count). The van der Waals surface area contributed by atoms with Crippen molar-refractivity contribution in [2.45, 2.75) is 46.3 Å². The maximum Gasteiger partial charge on any atom is 0.443 e. The Kier molecular flexibility index (Phi) is 3.98. The van der Waals surface area contributed by atoms with Gasteiger partial charge in [-0.2, -0.15) is 13.2 Å². The smallest absolute Gasteiger partial charge is 0.264 e. The van der Waals surface area contributed by atoms with Gasteiger partial charge >= 0.3 is 6.18 Å². The van der Waals surface area contributed by atoms with E-state index in [1.165, 1.54) is 32.0 Å². The van der Waals surface area contributed by atoms with Crippen LogP contribution in [0.15, 0.2) is 36.8 Å². The van der Waals surface area contributed by atoms with Crippen molar-refractivity contribution >= 4 is 21.6 Å². The van der Waals surface area contributed by atoms with Crippen LogP contribution in [0.1, 0.15) is 49.3 Å². The van der Waals surface area contributed by atoms with Gasteiger partial charge in [0, 0.05) is 38.3 Å². The van der Waals surface area contributed by atoms with Crippen LogP contribution in [0.2, 0.25) is 0 Å². The summed E-state index contributed by atoms with van der Waals surface area (Å²) in [6, 6.07) is 4.51. The van der Waals surface area contributed by atoms with Gasteiger partial charge < -0.3 is 0 Å². The second-order valence-corrected chi connectivity index (χ2v) is 9.30. The highest BCUT2D eigenvalue weighted by molar-refractivity contribution is 7.18. The van der Waals surface area contributed by atoms with E-state index in [0.717, 1.165) is 12.4 Å². The summed E-state index contributed by atoms with van der Waals surface area (Å²) < 4.78 is 106. The van der Waals surface area contributed by atoms with Gasteiger partial charge in [0.15, 0.2) is 11.2 Å². The fourth-order valence-electron chi connectivity index (χ4n) is 3.96. The molecule has 3 heterocycles. The van der Waals surface area contributed by atoms with Crippen LogP contribution >= 0.6 is 11.3 Å². The average Bonchev–Trinajstić information content (AvgIpc) is 3.20. The SMILES string of the molecule is [2H]C([2H])([2H])c1cncc(C([2H])([2H])[2H])c1-c1cc[n+](C)c(-c2c(C)cc3nc(C(F)(F)F)sc3c2C(C)(C)F)c1. The Morgan fingerprint density at radius 2 is 1.67 bits per heavy atom. The lowest BCUT2D eigenvalue weighted by molar-refractivity contribution is -0.660. The molecule has 0 fully saturated rings. The number of rotatable bonds is 3. The molecule has 0 aliphatic rings. The average molecular weight is 481 g/mol. The van der Waals surface area contributed by atoms with Crippen LogP contribution in [0.25, 0.3) is 32.6 Å². The summed E-state index contributed by atoms with van der Waals surface area (Å²) in [4.78, 5) is 7.55. The van der Waals surface area contributed by atoms with Crippen LogP contribution < -0.4 is 4.57 Å². The summed E-state index contributed by atoms with van der Waals surface area (Å²) in [5, 5.41) is -1.10. The number of nitrogens with zero attached hydrogens (tertiary/aromatic N) is 3. The maximum atomic E-state index is 15.8. The highest BCUT2D eigenvalue weighted by Crippen LogP contribution is 2.45. The fraction of sp³-hybridized carbons (Fsp3) is 0.320. The molecule has 0 aliphatic carbocycles. The first-order valence-electron chi connectivity index (χ1n) is 12.9. The lowest BCUT2D eigenvalue weighted by Gasteiger charge is -2.21. The highest BCUT2D eigenvalue weighted by atomic mass is 32.1. The third-order valence-corrected chi connectivity index (χ3v) is 6.49. The molecule has 3 nitrogen and oxygen atoms in total. The Hall–Kier alpha value is -2.87. The standard InChI is InChI=1S/C25H24F4N3S/c1-13-9-17-22(33-23(31-17)25(27,28)29)21(24(4,5)26)20(13)18-10-16(7-8-32(18)6)19-14(2)11-30-12-15(19)3/h7-12H,1-6H3/q+1/i2D3,3D3. The summed E-state index contributed by atoms with van der Waals surface area (Å²) in [7, 11) is 1.65. The third kappa shape index (κ3) is 4.12. The van der Waals surface area contributed by atoms with Gasteiger partial charge in [-0.15, -0.1) is 11.3 Å². The van der Waals surface area contributed by atoms with E-state index >= 15 is 4.39 Å². The van der Waals surface area contributed by atoms with Crippen molar-refractivity contribution in [1.82, 2.24) is 9.97 Å². The van der Waals surface area contributed by atoms with Crippen LogP contribution in [-0.2, 0) is 18.9 Å². The molecule has 4 aromatic rings. The first-order valence-corrected chi connectivity index (χ1v) is 10.7. The number of aromatic nitrogens is 3. The minimum Gasteiger partial charge on any atom is -0.264 e. The van der Waals surface area contributed by atoms with Crippen molar-refractivity contribution in [2.24, 2.45) is 7.05 Å². The van der Waals surface area contributed by atoms with E-state index < -0.39 is 30.6 Å². The quantitative estimate of drug-likeness (QED) is 0.233. The third-order valence-electron chi connectivity index (χ3n) is 5.36. The van der Waals surface area contributed by atoms with E-state index in [4.69, 9.17) is 8.22 Å². The van der Waals surface area contributed by atoms with Gasteiger partial charge in [0.25, 0.3) is 0 Å². The molecule has 0 amide bonds. The number of aryl methyl sites for hydroxylation is 4. The van der Waals surface area contributed by atoms with Crippen LogP contribution in [0.3, 0.4) is 0 Å². The topological polar surface area (TPSA) is 29.7 Å². The summed E-state index contributed by atoms with van der Waals surface area (Å²) in [6.45, 7) is -1.29. The van der Waals surface area contributed by atoms with Gasteiger partial charge in [0.1, 0.15) is 12.7 Å². The maximum absolute atomic E-state index is 15.8. The van der Waals surface area contributed by atoms with Crippen LogP contribution in [0.4, 0.5) is 17.6 Å². The first-order chi connectivity index (χ1) is 17.7. The van der Waals surface area contributed by atoms with Gasteiger partial charge in [-0.1, -0.05) is 0 Å². The van der Waals surface area contributed by atoms with Crippen molar-refractivity contribution in [2.75, 3.05) is 0 Å². The van der Waals surface area contributed by atoms with Crippen molar-refractivity contribution < 1.29 is 30.4 Å². The fourth-order valence-corrected chi connectivity index (χ4v) is 5.07. The molecule has 0 aliphatic heterocycles. The van der Waals surface area contributed by atoms with Crippen molar-refractivity contribution in [3.63, 3.8) is 0 Å². The molecule has 0 unspecified atom stereocenters. The molecule has 33 heavy (non-hydrogen) atoms. The molecule has 0 saturated heterocycles. The van der Waals surface area contributed by atoms with Crippen LogP contribution in [0.5, 0.6) is 0 Å². The minimum atomic E-state index is -4.71. The normalized spacial score (nSPS) is 16.0. The van der Waals surface area contributed by atoms with Crippen molar-refractivity contribution in [3.05, 3.63) is 64.1 Å². The molecule has 0 bridgehead atoms. The first kappa shape index (κ1) is 16.7. The summed E-state index contributed by atoms with van der Waals surface area (Å²) in [6.07, 6.45) is -0.968. The molecular formula is C25H24F4N3S+. The van der Waals surface area contributed by atoms with E-state index in [9.17, 15) is 13.2 Å². The lowest BCUT2D eigenvalue weighted by atomic mass is 9.88. The molecular weight excluding hydrogens is 450 g/mol. The molecule has 0 saturated carbocycles. The summed E-state index contributed by atoms with van der Waals surface area (Å²) >= 11 is 0.351. The molecule has 0 radical (unpaired) electrons. The monoisotopic (exact) mass is 480 g/mol. The zero-order chi connectivity index (χ0) is 29.3. The van der Waals surface area contributed by atoms with E-state index in [0.29, 0.717) is 28.2 Å². The van der Waals surface area contributed by atoms with E-state index in [1.807, 2.05) is 0 Å². The van der Waals surface area contributed by atoms with Gasteiger partial charge in [0.05, 0.1) is 15.8 Å². The number of hydrogen-bond acceptors (Lipinski definition) is 3. The second kappa shape index (κ2) is 7.87. The van der Waals surface area contributed by atoms with E-state index in [2.05, 4.69) is 9.97 Å². The number of thiazole rings is 1. The number of pyridine rings is 2. The molecule has 0 atom stereocenters. The van der Waals surface area contributed by atoms with Gasteiger partial charge in [0.2, 0.25) is 5.69 Å². The van der Waals surface area contributed by atoms with Gasteiger partial charge in [-0.05, 0) is 68.4 Å². The Morgan fingerprint density at radius 1 is 1.00 bits per heavy atom. The van der Waals surface area contributed by atoms with Crippen LogP contribution in [0, 0.1) is 20.6 Å². The number of alkyl halides is 4. The minimum absolute atomic E-state index is 0.0000630. The summed E-state index contributed by atoms with van der Waals surface area (Å²) in [5.41, 5.74) is -1.36. The number of halogens is 4. The van der Waals surface area contributed by atoms with Crippen molar-refractivity contribution in [3.8, 4) is 22.4 Å². The number of hydrogen-bond donors (Lipinski definition) is 0. The molecule has 172 valence electrons. The Labute approximate surface area is 202 Å². The van der Waals surface area contributed by atoms with E-state index in [1.54, 1.807) is 24.7 Å². The molecule has 3 aromatic heterocycles. The van der Waals surface area contributed by atoms with Crippen LogP contribution in [-0.4, -0.2) is 9.97 Å². The Morgan fingerprint density at radius 3 is 2.24 bits per heavy atom.